The van der Waals surface area contributed by atoms with Crippen molar-refractivity contribution in [2.75, 3.05) is 40.9 Å². The van der Waals surface area contributed by atoms with Crippen LogP contribution in [0, 0.1) is 0 Å². The van der Waals surface area contributed by atoms with E-state index in [4.69, 9.17) is 9.05 Å². The summed E-state index contributed by atoms with van der Waals surface area (Å²) in [5, 5.41) is 13.9. The Kier molecular flexibility index (Phi) is 59.4. The van der Waals surface area contributed by atoms with E-state index in [2.05, 4.69) is 67.8 Å². The summed E-state index contributed by atoms with van der Waals surface area (Å²) in [6, 6.07) is -0.885. The van der Waals surface area contributed by atoms with Gasteiger partial charge >= 0.3 is 0 Å². The van der Waals surface area contributed by atoms with Gasteiger partial charge in [-0.25, -0.2) is 0 Å². The molecule has 0 aromatic rings. The van der Waals surface area contributed by atoms with Gasteiger partial charge in [0.15, 0.2) is 0 Å². The molecule has 9 heteroatoms. The average molecular weight is 1130 g/mol. The molecule has 0 fully saturated rings. The molecule has 79 heavy (non-hydrogen) atoms. The van der Waals surface area contributed by atoms with Crippen molar-refractivity contribution < 1.29 is 32.9 Å². The fourth-order valence-electron chi connectivity index (χ4n) is 10.2. The van der Waals surface area contributed by atoms with Crippen molar-refractivity contribution in [1.82, 2.24) is 5.32 Å². The second-order valence-corrected chi connectivity index (χ2v) is 25.9. The minimum atomic E-state index is -4.60. The summed E-state index contributed by atoms with van der Waals surface area (Å²) in [6.45, 7) is 4.57. The van der Waals surface area contributed by atoms with E-state index in [1.807, 2.05) is 27.2 Å². The van der Waals surface area contributed by atoms with E-state index in [0.29, 0.717) is 17.4 Å². The summed E-state index contributed by atoms with van der Waals surface area (Å²) >= 11 is 0. The maximum absolute atomic E-state index is 13.0. The zero-order chi connectivity index (χ0) is 57.7. The van der Waals surface area contributed by atoms with E-state index in [1.165, 1.54) is 244 Å². The molecule has 0 spiro atoms. The molecule has 0 saturated carbocycles. The van der Waals surface area contributed by atoms with Gasteiger partial charge in [0.25, 0.3) is 7.82 Å². The predicted octanol–water partition coefficient (Wildman–Crippen LogP) is 21.0. The molecular weight excluding hydrogens is 996 g/mol. The van der Waals surface area contributed by atoms with E-state index < -0.39 is 20.0 Å². The Bertz CT molecular complexity index is 1470. The number of nitrogens with zero attached hydrogens (tertiary/aromatic N) is 1. The van der Waals surface area contributed by atoms with E-state index in [9.17, 15) is 19.4 Å². The lowest BCUT2D eigenvalue weighted by atomic mass is 10.0. The Morgan fingerprint density at radius 2 is 0.772 bits per heavy atom. The SMILES string of the molecule is CC/C=C\C/C=C\C/C=C\C/C=C\CCCCCCCCCCCCCCCCCCCCCCCCCCCCCCC(=O)NC(COP(=O)([O-])OCC[N+](C)(C)C)C(O)/C=C/CCCCCCCCCCCCCCCC. The maximum Gasteiger partial charge on any atom is 0.268 e. The van der Waals surface area contributed by atoms with Gasteiger partial charge in [-0.2, -0.15) is 0 Å². The molecule has 0 aliphatic carbocycles. The van der Waals surface area contributed by atoms with Gasteiger partial charge in [0.05, 0.1) is 39.9 Å². The van der Waals surface area contributed by atoms with Crippen molar-refractivity contribution in [3.63, 3.8) is 0 Å². The first-order chi connectivity index (χ1) is 38.5. The van der Waals surface area contributed by atoms with Crippen molar-refractivity contribution in [3.8, 4) is 0 Å². The molecule has 0 rings (SSSR count). The molecule has 0 aliphatic heterocycles. The second kappa shape index (κ2) is 60.8. The molecule has 0 bridgehead atoms. The molecule has 0 aromatic carbocycles. The Hall–Kier alpha value is -1.80. The molecule has 0 heterocycles. The highest BCUT2D eigenvalue weighted by molar-refractivity contribution is 7.45. The Morgan fingerprint density at radius 3 is 1.13 bits per heavy atom. The Labute approximate surface area is 492 Å². The summed E-state index contributed by atoms with van der Waals surface area (Å²) in [4.78, 5) is 25.6. The smallest absolute Gasteiger partial charge is 0.268 e. The van der Waals surface area contributed by atoms with Gasteiger partial charge in [0.2, 0.25) is 5.91 Å². The molecule has 3 unspecified atom stereocenters. The number of hydrogen-bond acceptors (Lipinski definition) is 6. The van der Waals surface area contributed by atoms with Crippen LogP contribution in [0.1, 0.15) is 328 Å². The molecule has 3 atom stereocenters. The molecule has 0 saturated heterocycles. The summed E-state index contributed by atoms with van der Waals surface area (Å²) < 4.78 is 23.4. The number of unbranched alkanes of at least 4 members (excludes halogenated alkanes) is 42. The third-order valence-corrected chi connectivity index (χ3v) is 16.4. The summed E-state index contributed by atoms with van der Waals surface area (Å²) in [5.41, 5.74) is 0. The normalized spacial score (nSPS) is 14.1. The van der Waals surface area contributed by atoms with Crippen LogP contribution >= 0.6 is 7.82 Å². The van der Waals surface area contributed by atoms with Gasteiger partial charge in [-0.05, 0) is 57.8 Å². The molecule has 0 radical (unpaired) electrons. The molecule has 1 amide bonds. The number of carbonyl (C=O) groups is 1. The second-order valence-electron chi connectivity index (χ2n) is 24.5. The lowest BCUT2D eigenvalue weighted by molar-refractivity contribution is -0.870. The minimum absolute atomic E-state index is 0.000634. The highest BCUT2D eigenvalue weighted by Crippen LogP contribution is 2.38. The highest BCUT2D eigenvalue weighted by Gasteiger charge is 2.23. The number of carbonyl (C=O) groups excluding carboxylic acids is 1. The van der Waals surface area contributed by atoms with E-state index in [-0.39, 0.29) is 19.1 Å². The summed E-state index contributed by atoms with van der Waals surface area (Å²) in [7, 11) is 1.27. The number of likely N-dealkylation sites (N-methyl/N-ethyl adjacent to an activating group) is 1. The maximum atomic E-state index is 13.0. The number of quaternary nitrogens is 1. The lowest BCUT2D eigenvalue weighted by Gasteiger charge is -2.29. The van der Waals surface area contributed by atoms with Crippen molar-refractivity contribution in [2.24, 2.45) is 0 Å². The van der Waals surface area contributed by atoms with Crippen LogP contribution in [0.4, 0.5) is 0 Å². The number of aliphatic hydroxyl groups excluding tert-OH is 1. The van der Waals surface area contributed by atoms with Crippen LogP contribution in [-0.2, 0) is 18.4 Å². The fraction of sp³-hybridized carbons (Fsp3) is 0.843. The molecule has 464 valence electrons. The first kappa shape index (κ1) is 77.2. The molecule has 0 aromatic heterocycles. The van der Waals surface area contributed by atoms with Gasteiger partial charge in [0, 0.05) is 6.42 Å². The monoisotopic (exact) mass is 1130 g/mol. The van der Waals surface area contributed by atoms with Crippen molar-refractivity contribution in [1.29, 1.82) is 0 Å². The largest absolute Gasteiger partial charge is 0.756 e. The number of phosphoric acid groups is 1. The van der Waals surface area contributed by atoms with Crippen LogP contribution in [0.2, 0.25) is 0 Å². The van der Waals surface area contributed by atoms with Gasteiger partial charge in [-0.3, -0.25) is 9.36 Å². The first-order valence-electron chi connectivity index (χ1n) is 34.2. The summed E-state index contributed by atoms with van der Waals surface area (Å²) in [5.74, 6) is -0.191. The number of hydrogen-bond donors (Lipinski definition) is 2. The van der Waals surface area contributed by atoms with Crippen LogP contribution in [0.25, 0.3) is 0 Å². The van der Waals surface area contributed by atoms with Crippen LogP contribution in [0.5, 0.6) is 0 Å². The summed E-state index contributed by atoms with van der Waals surface area (Å²) in [6.07, 6.45) is 83.5. The standard InChI is InChI=1S/C70H133N2O6P/c1-6-8-10-12-14-16-18-20-22-24-25-26-27-28-29-30-31-32-33-34-35-36-37-38-39-40-41-42-43-44-45-46-47-48-50-52-54-56-58-60-62-64-70(74)71-68(67-78-79(75,76)77-66-65-72(3,4)5)69(73)63-61-59-57-55-53-51-49-23-21-19-17-15-13-11-9-7-2/h8,10,14,16,20,22,25-26,61,63,68-69,73H,6-7,9,11-13,15,17-19,21,23-24,27-60,62,64-67H2,1-5H3,(H-,71,74,75,76)/b10-8-,16-14-,22-20-,26-25-,63-61+. The number of nitrogens with one attached hydrogen (secondary N) is 1. The van der Waals surface area contributed by atoms with Crippen molar-refractivity contribution in [2.45, 2.75) is 341 Å². The van der Waals surface area contributed by atoms with Crippen LogP contribution in [0.15, 0.2) is 60.8 Å². The van der Waals surface area contributed by atoms with Crippen LogP contribution in [-0.4, -0.2) is 68.5 Å². The minimum Gasteiger partial charge on any atom is -0.756 e. The topological polar surface area (TPSA) is 108 Å². The van der Waals surface area contributed by atoms with E-state index in [0.717, 1.165) is 64.2 Å². The van der Waals surface area contributed by atoms with E-state index >= 15 is 0 Å². The lowest BCUT2D eigenvalue weighted by Crippen LogP contribution is -2.45. The zero-order valence-electron chi connectivity index (χ0n) is 53.1. The fourth-order valence-corrected chi connectivity index (χ4v) is 10.9. The number of rotatable bonds is 63. The first-order valence-corrected chi connectivity index (χ1v) is 35.6. The molecule has 8 nitrogen and oxygen atoms in total. The molecule has 0 aliphatic rings. The van der Waals surface area contributed by atoms with Crippen molar-refractivity contribution >= 4 is 13.7 Å². The van der Waals surface area contributed by atoms with Gasteiger partial charge in [-0.1, -0.05) is 325 Å². The number of aliphatic hydroxyl groups is 1. The predicted molar refractivity (Wildman–Crippen MR) is 344 cm³/mol. The number of allylic oxidation sites excluding steroid dienone is 9. The quantitative estimate of drug-likeness (QED) is 0.0272. The third kappa shape index (κ3) is 63.6. The highest BCUT2D eigenvalue weighted by atomic mass is 31.2. The van der Waals surface area contributed by atoms with Crippen LogP contribution < -0.4 is 10.2 Å². The van der Waals surface area contributed by atoms with Gasteiger partial charge < -0.3 is 28.8 Å². The molecule has 2 N–H and O–H groups in total. The zero-order valence-corrected chi connectivity index (χ0v) is 54.0. The average Bonchev–Trinajstić information content (AvgIpc) is 3.42. The third-order valence-electron chi connectivity index (χ3n) is 15.5. The van der Waals surface area contributed by atoms with Gasteiger partial charge in [0.1, 0.15) is 13.2 Å². The number of phosphoric ester groups is 1. The Morgan fingerprint density at radius 1 is 0.456 bits per heavy atom. The Balaban J connectivity index is 3.87. The van der Waals surface area contributed by atoms with Crippen LogP contribution in [0.3, 0.4) is 0 Å². The molecular formula is C70H133N2O6P. The number of amides is 1. The van der Waals surface area contributed by atoms with Gasteiger partial charge in [-0.15, -0.1) is 0 Å². The van der Waals surface area contributed by atoms with E-state index in [1.54, 1.807) is 6.08 Å². The van der Waals surface area contributed by atoms with Crippen molar-refractivity contribution in [3.05, 3.63) is 60.8 Å².